The van der Waals surface area contributed by atoms with Crippen LogP contribution in [0.15, 0.2) is 48.0 Å². The molecule has 0 spiro atoms. The van der Waals surface area contributed by atoms with Gasteiger partial charge in [-0.15, -0.1) is 0 Å². The Kier molecular flexibility index (Phi) is 9.02. The highest BCUT2D eigenvalue weighted by molar-refractivity contribution is 7.92. The predicted octanol–water partition coefficient (Wildman–Crippen LogP) is 5.31. The fourth-order valence-electron chi connectivity index (χ4n) is 4.35. The lowest BCUT2D eigenvalue weighted by molar-refractivity contribution is -0.145. The zero-order chi connectivity index (χ0) is 28.3. The van der Waals surface area contributed by atoms with Gasteiger partial charge in [0.15, 0.2) is 0 Å². The highest BCUT2D eigenvalue weighted by Crippen LogP contribution is 2.36. The molecule has 0 aliphatic heterocycles. The molecule has 1 fully saturated rings. The van der Waals surface area contributed by atoms with E-state index in [1.807, 2.05) is 0 Å². The first-order valence-corrected chi connectivity index (χ1v) is 13.5. The maximum atomic E-state index is 15.1. The van der Waals surface area contributed by atoms with E-state index in [4.69, 9.17) is 11.6 Å². The molecule has 1 aliphatic rings. The number of carbonyl (C=O) groups is 1. The van der Waals surface area contributed by atoms with Crippen molar-refractivity contribution in [1.82, 2.24) is 25.3 Å². The molecule has 3 aromatic heterocycles. The zero-order valence-corrected chi connectivity index (χ0v) is 22.0. The first-order valence-electron chi connectivity index (χ1n) is 11.9. The third-order valence-corrected chi connectivity index (χ3v) is 8.82. The number of hydrogen-bond acceptors (Lipinski definition) is 6. The minimum atomic E-state index is -4.68. The van der Waals surface area contributed by atoms with Crippen LogP contribution in [0.4, 0.5) is 22.0 Å². The second-order valence-corrected chi connectivity index (χ2v) is 11.2. The lowest BCUT2D eigenvalue weighted by Gasteiger charge is -2.25. The van der Waals surface area contributed by atoms with Crippen LogP contribution >= 0.6 is 11.6 Å². The first-order chi connectivity index (χ1) is 18.4. The number of pyridine rings is 2. The van der Waals surface area contributed by atoms with Gasteiger partial charge in [-0.25, -0.2) is 23.7 Å². The van der Waals surface area contributed by atoms with E-state index in [9.17, 15) is 26.9 Å². The fourth-order valence-corrected chi connectivity index (χ4v) is 6.10. The number of carbonyl (C=O) groups excluding carboxylic acids is 1. The molecule has 0 saturated heterocycles. The van der Waals surface area contributed by atoms with Crippen molar-refractivity contribution in [3.63, 3.8) is 0 Å². The van der Waals surface area contributed by atoms with Crippen molar-refractivity contribution in [3.8, 4) is 11.3 Å². The van der Waals surface area contributed by atoms with Gasteiger partial charge in [-0.05, 0) is 37.0 Å². The zero-order valence-electron chi connectivity index (χ0n) is 20.5. The SMILES string of the molecule is C[C@@H]1C([S+]([O-])c2ccc(F)cn2)CC[C@H](C(=O)NCc2cc(-c3cnc(C(F)(F)F)nc3)ncc2Cl)C[C@H]1F. The third-order valence-electron chi connectivity index (χ3n) is 6.61. The van der Waals surface area contributed by atoms with Crippen LogP contribution in [0.1, 0.15) is 37.6 Å². The van der Waals surface area contributed by atoms with Crippen molar-refractivity contribution in [2.45, 2.75) is 55.4 Å². The number of alkyl halides is 4. The van der Waals surface area contributed by atoms with Crippen molar-refractivity contribution in [3.05, 3.63) is 65.2 Å². The van der Waals surface area contributed by atoms with E-state index in [0.29, 0.717) is 12.0 Å². The molecular weight excluding hydrogens is 565 g/mol. The van der Waals surface area contributed by atoms with Gasteiger partial charge in [0.25, 0.3) is 0 Å². The Balaban J connectivity index is 1.41. The molecule has 7 nitrogen and oxygen atoms in total. The summed E-state index contributed by atoms with van der Waals surface area (Å²) in [7, 11) is 0. The van der Waals surface area contributed by atoms with Gasteiger partial charge in [0, 0.05) is 59.8 Å². The number of aromatic nitrogens is 4. The third kappa shape index (κ3) is 7.00. The second-order valence-electron chi connectivity index (χ2n) is 9.21. The van der Waals surface area contributed by atoms with Crippen molar-refractivity contribution in [1.29, 1.82) is 0 Å². The molecule has 0 radical (unpaired) electrons. The topological polar surface area (TPSA) is 104 Å². The van der Waals surface area contributed by atoms with Gasteiger partial charge in [0.05, 0.1) is 16.9 Å². The van der Waals surface area contributed by atoms with Gasteiger partial charge in [0.1, 0.15) is 17.2 Å². The van der Waals surface area contributed by atoms with Gasteiger partial charge >= 0.3 is 6.18 Å². The summed E-state index contributed by atoms with van der Waals surface area (Å²) in [6, 6.07) is 3.95. The normalized spacial score (nSPS) is 22.7. The summed E-state index contributed by atoms with van der Waals surface area (Å²) in [6.45, 7) is 1.60. The average molecular weight is 588 g/mol. The van der Waals surface area contributed by atoms with E-state index in [2.05, 4.69) is 25.3 Å². The molecule has 1 amide bonds. The van der Waals surface area contributed by atoms with Gasteiger partial charge in [0.2, 0.25) is 16.8 Å². The largest absolute Gasteiger partial charge is 0.610 e. The summed E-state index contributed by atoms with van der Waals surface area (Å²) in [5.41, 5.74) is 0.916. The first kappa shape index (κ1) is 29.1. The molecular formula is C25H23ClF5N5O2S. The van der Waals surface area contributed by atoms with Crippen LogP contribution < -0.4 is 5.32 Å². The minimum absolute atomic E-state index is 0.0352. The molecule has 3 aromatic rings. The number of rotatable bonds is 6. The number of nitrogens with zero attached hydrogens (tertiary/aromatic N) is 4. The second kappa shape index (κ2) is 12.1. The van der Waals surface area contributed by atoms with Gasteiger partial charge < -0.3 is 9.87 Å². The van der Waals surface area contributed by atoms with E-state index in [-0.39, 0.29) is 40.7 Å². The Bertz CT molecular complexity index is 1300. The molecule has 4 rings (SSSR count). The number of nitrogens with one attached hydrogen (secondary N) is 1. The van der Waals surface area contributed by atoms with E-state index in [0.717, 1.165) is 24.7 Å². The Morgan fingerprint density at radius 1 is 1.13 bits per heavy atom. The molecule has 0 aromatic carbocycles. The highest BCUT2D eigenvalue weighted by atomic mass is 35.5. The number of hydrogen-bond donors (Lipinski definition) is 1. The van der Waals surface area contributed by atoms with Crippen LogP contribution in [-0.4, -0.2) is 41.8 Å². The fraction of sp³-hybridized carbons (Fsp3) is 0.400. The summed E-state index contributed by atoms with van der Waals surface area (Å²) in [5, 5.41) is 2.51. The van der Waals surface area contributed by atoms with Gasteiger partial charge in [-0.2, -0.15) is 13.2 Å². The lowest BCUT2D eigenvalue weighted by atomic mass is 9.96. The maximum absolute atomic E-state index is 15.1. The molecule has 208 valence electrons. The predicted molar refractivity (Wildman–Crippen MR) is 133 cm³/mol. The Labute approximate surface area is 228 Å². The summed E-state index contributed by atoms with van der Waals surface area (Å²) >= 11 is 4.53. The monoisotopic (exact) mass is 587 g/mol. The number of halogens is 6. The van der Waals surface area contributed by atoms with E-state index in [1.54, 1.807) is 6.92 Å². The highest BCUT2D eigenvalue weighted by Gasteiger charge is 2.41. The van der Waals surface area contributed by atoms with E-state index >= 15 is 4.39 Å². The van der Waals surface area contributed by atoms with Crippen LogP contribution in [0.3, 0.4) is 0 Å². The van der Waals surface area contributed by atoms with Crippen LogP contribution in [0.2, 0.25) is 5.02 Å². The summed E-state index contributed by atoms with van der Waals surface area (Å²) in [4.78, 5) is 27.6. The molecule has 1 saturated carbocycles. The Morgan fingerprint density at radius 2 is 1.85 bits per heavy atom. The Hall–Kier alpha value is -2.90. The van der Waals surface area contributed by atoms with E-state index in [1.165, 1.54) is 18.3 Å². The summed E-state index contributed by atoms with van der Waals surface area (Å²) in [5.74, 6) is -3.56. The number of amides is 1. The van der Waals surface area contributed by atoms with Crippen molar-refractivity contribution in [2.75, 3.05) is 0 Å². The molecule has 2 unspecified atom stereocenters. The van der Waals surface area contributed by atoms with Gasteiger partial charge in [-0.1, -0.05) is 18.5 Å². The molecule has 0 bridgehead atoms. The van der Waals surface area contributed by atoms with Crippen molar-refractivity contribution in [2.24, 2.45) is 11.8 Å². The van der Waals surface area contributed by atoms with Crippen LogP contribution in [0, 0.1) is 17.7 Å². The van der Waals surface area contributed by atoms with Crippen molar-refractivity contribution < 1.29 is 31.3 Å². The van der Waals surface area contributed by atoms with E-state index < -0.39 is 58.2 Å². The molecule has 1 aliphatic carbocycles. The molecule has 3 heterocycles. The quantitative estimate of drug-likeness (QED) is 0.238. The average Bonchev–Trinajstić information content (AvgIpc) is 3.06. The summed E-state index contributed by atoms with van der Waals surface area (Å²) < 4.78 is 79.6. The maximum Gasteiger partial charge on any atom is 0.451 e. The molecule has 14 heteroatoms. The lowest BCUT2D eigenvalue weighted by Crippen LogP contribution is -2.33. The minimum Gasteiger partial charge on any atom is -0.610 e. The molecule has 5 atom stereocenters. The van der Waals surface area contributed by atoms with Crippen LogP contribution in [0.25, 0.3) is 11.3 Å². The van der Waals surface area contributed by atoms with Gasteiger partial charge in [-0.3, -0.25) is 9.78 Å². The Morgan fingerprint density at radius 3 is 2.49 bits per heavy atom. The smallest absolute Gasteiger partial charge is 0.451 e. The van der Waals surface area contributed by atoms with Crippen molar-refractivity contribution >= 4 is 28.7 Å². The standard InChI is InChI=1S/C25H23ClF5N5O2S/c1-13-19(28)6-14(2-4-21(13)39(38)22-5-3-17(27)11-33-22)23(37)34-8-15-7-20(32-12-18(15)26)16-9-35-24(36-10-16)25(29,30)31/h3,5,7,9-14,19,21H,2,4,6,8H2,1H3,(H,34,37)/t13-,14-,19+,21?,39?/m0/s1. The molecule has 39 heavy (non-hydrogen) atoms. The van der Waals surface area contributed by atoms with Crippen LogP contribution in [0.5, 0.6) is 0 Å². The van der Waals surface area contributed by atoms with Crippen LogP contribution in [-0.2, 0) is 28.7 Å². The molecule has 1 N–H and O–H groups in total. The summed E-state index contributed by atoms with van der Waals surface area (Å²) in [6.07, 6.45) is -1.31.